The van der Waals surface area contributed by atoms with Crippen LogP contribution < -0.4 is 5.32 Å². The highest BCUT2D eigenvalue weighted by Gasteiger charge is 2.25. The van der Waals surface area contributed by atoms with Crippen LogP contribution in [0.4, 0.5) is 0 Å². The molecule has 1 fully saturated rings. The molecule has 1 atom stereocenters. The second-order valence-electron chi connectivity index (χ2n) is 6.96. The van der Waals surface area contributed by atoms with Crippen molar-refractivity contribution in [2.24, 2.45) is 18.0 Å². The minimum absolute atomic E-state index is 0.0521. The Hall–Kier alpha value is -1.61. The summed E-state index contributed by atoms with van der Waals surface area (Å²) in [5.74, 6) is 1.44. The first-order chi connectivity index (χ1) is 12.9. The average Bonchev–Trinajstić information content (AvgIpc) is 3.24. The largest absolute Gasteiger partial charge is 0.357 e. The van der Waals surface area contributed by atoms with Crippen molar-refractivity contribution >= 4 is 16.0 Å². The lowest BCUT2D eigenvalue weighted by atomic mass is 10.0. The highest BCUT2D eigenvalue weighted by molar-refractivity contribution is 7.89. The fourth-order valence-electron chi connectivity index (χ4n) is 3.54. The standard InChI is InChI=1S/C18H34N6O2S/c1-5-19-18(20-9-11-27(25,26)24(6-2)7-3)23-10-8-16(15-23)12-17-13-21-22(4)14-17/h13-14,16H,5-12,15H2,1-4H3,(H,19,20). The molecule has 2 heterocycles. The fourth-order valence-corrected chi connectivity index (χ4v) is 4.91. The zero-order valence-electron chi connectivity index (χ0n) is 17.1. The number of guanidine groups is 1. The van der Waals surface area contributed by atoms with E-state index in [0.29, 0.717) is 19.0 Å². The Morgan fingerprint density at radius 2 is 2.11 bits per heavy atom. The van der Waals surface area contributed by atoms with Crippen molar-refractivity contribution in [1.82, 2.24) is 24.3 Å². The van der Waals surface area contributed by atoms with Crippen molar-refractivity contribution in [2.45, 2.75) is 33.6 Å². The van der Waals surface area contributed by atoms with E-state index in [-0.39, 0.29) is 12.3 Å². The highest BCUT2D eigenvalue weighted by atomic mass is 32.2. The monoisotopic (exact) mass is 398 g/mol. The number of hydrogen-bond acceptors (Lipinski definition) is 4. The normalized spacial score (nSPS) is 18.5. The number of likely N-dealkylation sites (tertiary alicyclic amines) is 1. The summed E-state index contributed by atoms with van der Waals surface area (Å²) in [7, 11) is -1.30. The maximum absolute atomic E-state index is 12.3. The summed E-state index contributed by atoms with van der Waals surface area (Å²) in [6.07, 6.45) is 6.12. The van der Waals surface area contributed by atoms with Crippen LogP contribution in [0.15, 0.2) is 17.4 Å². The predicted octanol–water partition coefficient (Wildman–Crippen LogP) is 0.922. The van der Waals surface area contributed by atoms with Crippen LogP contribution >= 0.6 is 0 Å². The van der Waals surface area contributed by atoms with Crippen LogP contribution in [0.3, 0.4) is 0 Å². The molecule has 8 nitrogen and oxygen atoms in total. The van der Waals surface area contributed by atoms with Gasteiger partial charge in [0.25, 0.3) is 0 Å². The van der Waals surface area contributed by atoms with E-state index in [1.54, 1.807) is 0 Å². The third-order valence-electron chi connectivity index (χ3n) is 4.91. The zero-order chi connectivity index (χ0) is 19.9. The van der Waals surface area contributed by atoms with Gasteiger partial charge in [-0.1, -0.05) is 13.8 Å². The quantitative estimate of drug-likeness (QED) is 0.494. The van der Waals surface area contributed by atoms with E-state index in [9.17, 15) is 8.42 Å². The van der Waals surface area contributed by atoms with Gasteiger partial charge in [-0.3, -0.25) is 9.67 Å². The van der Waals surface area contributed by atoms with Crippen LogP contribution in [0.5, 0.6) is 0 Å². The van der Waals surface area contributed by atoms with Crippen LogP contribution in [-0.2, 0) is 23.5 Å². The Labute approximate surface area is 163 Å². The van der Waals surface area contributed by atoms with Gasteiger partial charge in [-0.25, -0.2) is 12.7 Å². The molecule has 2 rings (SSSR count). The fraction of sp³-hybridized carbons (Fsp3) is 0.778. The van der Waals surface area contributed by atoms with Crippen LogP contribution in [0.25, 0.3) is 0 Å². The molecule has 0 saturated carbocycles. The topological polar surface area (TPSA) is 82.8 Å². The van der Waals surface area contributed by atoms with Crippen molar-refractivity contribution in [3.8, 4) is 0 Å². The molecule has 0 bridgehead atoms. The molecule has 1 aromatic heterocycles. The Bertz CT molecular complexity index is 711. The Morgan fingerprint density at radius 3 is 2.70 bits per heavy atom. The molecule has 9 heteroatoms. The lowest BCUT2D eigenvalue weighted by Gasteiger charge is -2.22. The minimum Gasteiger partial charge on any atom is -0.357 e. The van der Waals surface area contributed by atoms with E-state index in [2.05, 4.69) is 26.5 Å². The van der Waals surface area contributed by atoms with Crippen molar-refractivity contribution in [2.75, 3.05) is 45.0 Å². The molecule has 1 aromatic rings. The summed E-state index contributed by atoms with van der Waals surface area (Å²) >= 11 is 0. The minimum atomic E-state index is -3.24. The van der Waals surface area contributed by atoms with Gasteiger partial charge in [0.05, 0.1) is 18.5 Å². The SMILES string of the molecule is CCNC(=NCCS(=O)(=O)N(CC)CC)N1CCC(Cc2cnn(C)c2)C1. The Balaban J connectivity index is 1.93. The number of rotatable bonds is 9. The lowest BCUT2D eigenvalue weighted by Crippen LogP contribution is -2.41. The number of nitrogens with one attached hydrogen (secondary N) is 1. The third-order valence-corrected chi connectivity index (χ3v) is 6.91. The van der Waals surface area contributed by atoms with Crippen LogP contribution in [-0.4, -0.2) is 78.4 Å². The van der Waals surface area contributed by atoms with Gasteiger partial charge in [-0.05, 0) is 31.2 Å². The average molecular weight is 399 g/mol. The van der Waals surface area contributed by atoms with Gasteiger partial charge in [0, 0.05) is 46.0 Å². The maximum atomic E-state index is 12.3. The Morgan fingerprint density at radius 1 is 1.37 bits per heavy atom. The number of nitrogens with zero attached hydrogens (tertiary/aromatic N) is 5. The first-order valence-corrected chi connectivity index (χ1v) is 11.5. The van der Waals surface area contributed by atoms with Crippen LogP contribution in [0, 0.1) is 5.92 Å². The zero-order valence-corrected chi connectivity index (χ0v) is 17.9. The molecule has 0 spiro atoms. The summed E-state index contributed by atoms with van der Waals surface area (Å²) in [6, 6.07) is 0. The summed E-state index contributed by atoms with van der Waals surface area (Å²) < 4.78 is 28.0. The summed E-state index contributed by atoms with van der Waals surface area (Å²) in [6.45, 7) is 9.70. The third kappa shape index (κ3) is 6.21. The molecule has 0 radical (unpaired) electrons. The van der Waals surface area contributed by atoms with Gasteiger partial charge in [0.1, 0.15) is 0 Å². The number of aromatic nitrogens is 2. The summed E-state index contributed by atoms with van der Waals surface area (Å²) in [5, 5.41) is 7.55. The molecule has 27 heavy (non-hydrogen) atoms. The first-order valence-electron chi connectivity index (χ1n) is 9.88. The van der Waals surface area contributed by atoms with Gasteiger partial charge >= 0.3 is 0 Å². The molecule has 1 aliphatic heterocycles. The van der Waals surface area contributed by atoms with Crippen LogP contribution in [0.2, 0.25) is 0 Å². The van der Waals surface area contributed by atoms with Gasteiger partial charge in [-0.2, -0.15) is 5.10 Å². The molecular formula is C18H34N6O2S. The van der Waals surface area contributed by atoms with E-state index in [4.69, 9.17) is 0 Å². The predicted molar refractivity (Wildman–Crippen MR) is 109 cm³/mol. The molecule has 154 valence electrons. The van der Waals surface area contributed by atoms with E-state index in [1.807, 2.05) is 38.7 Å². The highest BCUT2D eigenvalue weighted by Crippen LogP contribution is 2.20. The smallest absolute Gasteiger partial charge is 0.215 e. The molecule has 1 saturated heterocycles. The molecule has 1 N–H and O–H groups in total. The van der Waals surface area contributed by atoms with Gasteiger partial charge in [-0.15, -0.1) is 0 Å². The van der Waals surface area contributed by atoms with E-state index >= 15 is 0 Å². The maximum Gasteiger partial charge on any atom is 0.215 e. The van der Waals surface area contributed by atoms with Crippen molar-refractivity contribution in [3.05, 3.63) is 18.0 Å². The van der Waals surface area contributed by atoms with E-state index < -0.39 is 10.0 Å². The van der Waals surface area contributed by atoms with E-state index in [1.165, 1.54) is 9.87 Å². The van der Waals surface area contributed by atoms with Gasteiger partial charge < -0.3 is 10.2 Å². The van der Waals surface area contributed by atoms with Crippen molar-refractivity contribution in [3.63, 3.8) is 0 Å². The van der Waals surface area contributed by atoms with E-state index in [0.717, 1.165) is 38.4 Å². The lowest BCUT2D eigenvalue weighted by molar-refractivity contribution is 0.444. The molecule has 1 aliphatic rings. The molecule has 0 aromatic carbocycles. The molecular weight excluding hydrogens is 364 g/mol. The van der Waals surface area contributed by atoms with Gasteiger partial charge in [0.15, 0.2) is 5.96 Å². The second-order valence-corrected chi connectivity index (χ2v) is 9.05. The summed E-state index contributed by atoms with van der Waals surface area (Å²) in [4.78, 5) is 6.83. The van der Waals surface area contributed by atoms with Crippen LogP contribution in [0.1, 0.15) is 32.8 Å². The summed E-state index contributed by atoms with van der Waals surface area (Å²) in [5.41, 5.74) is 1.26. The van der Waals surface area contributed by atoms with Crippen molar-refractivity contribution < 1.29 is 8.42 Å². The number of hydrogen-bond donors (Lipinski definition) is 1. The molecule has 0 amide bonds. The molecule has 1 unspecified atom stereocenters. The Kier molecular flexibility index (Phi) is 8.09. The second kappa shape index (κ2) is 10.1. The molecule has 0 aliphatic carbocycles. The van der Waals surface area contributed by atoms with Gasteiger partial charge in [0.2, 0.25) is 10.0 Å². The first kappa shape index (κ1) is 21.7. The number of sulfonamides is 1. The van der Waals surface area contributed by atoms with Crippen molar-refractivity contribution in [1.29, 1.82) is 0 Å². The number of aliphatic imine (C=N–C) groups is 1. The number of aryl methyl sites for hydroxylation is 1.